The monoisotopic (exact) mass is 265 g/mol. The molecule has 0 aliphatic rings. The molecule has 3 aromatic heterocycles. The highest BCUT2D eigenvalue weighted by molar-refractivity contribution is 7.17. The second-order valence-corrected chi connectivity index (χ2v) is 5.47. The molecule has 0 aliphatic heterocycles. The molecule has 92 valence electrons. The summed E-state index contributed by atoms with van der Waals surface area (Å²) in [7, 11) is 0. The first kappa shape index (κ1) is 10.7. The van der Waals surface area contributed by atoms with Gasteiger partial charge in [-0.1, -0.05) is 18.2 Å². The van der Waals surface area contributed by atoms with Crippen LogP contribution in [0.2, 0.25) is 0 Å². The number of nitrogens with zero attached hydrogens (tertiary/aromatic N) is 2. The Morgan fingerprint density at radius 1 is 1.05 bits per heavy atom. The van der Waals surface area contributed by atoms with E-state index in [4.69, 9.17) is 0 Å². The van der Waals surface area contributed by atoms with Crippen molar-refractivity contribution in [3.05, 3.63) is 47.5 Å². The molecule has 4 heteroatoms. The van der Waals surface area contributed by atoms with Gasteiger partial charge in [0.05, 0.1) is 5.52 Å². The molecule has 1 N–H and O–H groups in total. The summed E-state index contributed by atoms with van der Waals surface area (Å²) in [5.41, 5.74) is 3.90. The minimum atomic E-state index is 0.783. The lowest BCUT2D eigenvalue weighted by Crippen LogP contribution is -1.80. The molecule has 0 aliphatic carbocycles. The fourth-order valence-electron chi connectivity index (χ4n) is 2.28. The minimum Gasteiger partial charge on any atom is -0.337 e. The molecule has 0 fully saturated rings. The normalized spacial score (nSPS) is 11.4. The van der Waals surface area contributed by atoms with Gasteiger partial charge < -0.3 is 4.98 Å². The second kappa shape index (κ2) is 3.90. The number of H-pyrrole nitrogens is 1. The molecule has 1 aromatic carbocycles. The summed E-state index contributed by atoms with van der Waals surface area (Å²) < 4.78 is 1.28. The Morgan fingerprint density at radius 3 is 2.89 bits per heavy atom. The lowest BCUT2D eigenvalue weighted by molar-refractivity contribution is 1.22. The van der Waals surface area contributed by atoms with Crippen LogP contribution < -0.4 is 0 Å². The number of aromatic amines is 1. The maximum atomic E-state index is 4.61. The van der Waals surface area contributed by atoms with E-state index < -0.39 is 0 Å². The molecule has 0 bridgehead atoms. The molecule has 3 heterocycles. The summed E-state index contributed by atoms with van der Waals surface area (Å²) >= 11 is 1.74. The maximum Gasteiger partial charge on any atom is 0.178 e. The topological polar surface area (TPSA) is 41.6 Å². The van der Waals surface area contributed by atoms with Crippen LogP contribution in [0, 0.1) is 6.92 Å². The highest BCUT2D eigenvalue weighted by Gasteiger charge is 2.10. The molecule has 0 saturated heterocycles. The zero-order valence-electron chi connectivity index (χ0n) is 10.3. The SMILES string of the molecule is Cc1ccc2[nH]c(-c3csc4ccccc34)nc2n1. The molecule has 0 spiro atoms. The lowest BCUT2D eigenvalue weighted by Gasteiger charge is -1.93. The number of fused-ring (bicyclic) bond motifs is 2. The third-order valence-corrected chi connectivity index (χ3v) is 4.18. The Labute approximate surface area is 114 Å². The molecule has 0 unspecified atom stereocenters. The average Bonchev–Trinajstić information content (AvgIpc) is 3.00. The van der Waals surface area contributed by atoms with Gasteiger partial charge in [0, 0.05) is 26.7 Å². The Kier molecular flexibility index (Phi) is 2.19. The van der Waals surface area contributed by atoms with Gasteiger partial charge in [0.15, 0.2) is 5.65 Å². The number of aromatic nitrogens is 3. The second-order valence-electron chi connectivity index (χ2n) is 4.55. The summed E-state index contributed by atoms with van der Waals surface area (Å²) in [6, 6.07) is 12.4. The Hall–Kier alpha value is -2.20. The van der Waals surface area contributed by atoms with E-state index in [0.717, 1.165) is 28.2 Å². The minimum absolute atomic E-state index is 0.783. The Balaban J connectivity index is 1.99. The predicted octanol–water partition coefficient (Wildman–Crippen LogP) is 4.15. The molecule has 0 atom stereocenters. The Bertz CT molecular complexity index is 889. The smallest absolute Gasteiger partial charge is 0.178 e. The van der Waals surface area contributed by atoms with Gasteiger partial charge in [0.1, 0.15) is 5.82 Å². The first-order chi connectivity index (χ1) is 9.31. The first-order valence-corrected chi connectivity index (χ1v) is 6.99. The molecule has 0 amide bonds. The highest BCUT2D eigenvalue weighted by Crippen LogP contribution is 2.32. The van der Waals surface area contributed by atoms with Crippen molar-refractivity contribution in [2.24, 2.45) is 0 Å². The lowest BCUT2D eigenvalue weighted by atomic mass is 10.2. The van der Waals surface area contributed by atoms with E-state index in [1.165, 1.54) is 10.1 Å². The number of nitrogens with one attached hydrogen (secondary N) is 1. The quantitative estimate of drug-likeness (QED) is 0.561. The fourth-order valence-corrected chi connectivity index (χ4v) is 3.22. The molecule has 0 saturated carbocycles. The van der Waals surface area contributed by atoms with Gasteiger partial charge in [0.2, 0.25) is 0 Å². The van der Waals surface area contributed by atoms with Gasteiger partial charge in [-0.3, -0.25) is 0 Å². The summed E-state index contributed by atoms with van der Waals surface area (Å²) in [5, 5.41) is 3.39. The van der Waals surface area contributed by atoms with E-state index in [1.54, 1.807) is 11.3 Å². The van der Waals surface area contributed by atoms with Crippen LogP contribution in [-0.2, 0) is 0 Å². The van der Waals surface area contributed by atoms with Crippen molar-refractivity contribution in [3.63, 3.8) is 0 Å². The maximum absolute atomic E-state index is 4.61. The number of hydrogen-bond donors (Lipinski definition) is 1. The number of imidazole rings is 1. The molecule has 4 aromatic rings. The average molecular weight is 265 g/mol. The van der Waals surface area contributed by atoms with Crippen molar-refractivity contribution in [2.75, 3.05) is 0 Å². The van der Waals surface area contributed by atoms with Gasteiger partial charge in [-0.05, 0) is 25.1 Å². The van der Waals surface area contributed by atoms with E-state index in [0.29, 0.717) is 0 Å². The van der Waals surface area contributed by atoms with Crippen LogP contribution in [0.25, 0.3) is 32.6 Å². The van der Waals surface area contributed by atoms with Gasteiger partial charge in [0.25, 0.3) is 0 Å². The van der Waals surface area contributed by atoms with Crippen LogP contribution in [0.1, 0.15) is 5.69 Å². The van der Waals surface area contributed by atoms with E-state index >= 15 is 0 Å². The number of rotatable bonds is 1. The van der Waals surface area contributed by atoms with Gasteiger partial charge in [-0.25, -0.2) is 9.97 Å². The van der Waals surface area contributed by atoms with Crippen molar-refractivity contribution in [1.29, 1.82) is 0 Å². The van der Waals surface area contributed by atoms with Crippen LogP contribution in [-0.4, -0.2) is 15.0 Å². The molecular formula is C15H11N3S. The van der Waals surface area contributed by atoms with Gasteiger partial charge in [-0.15, -0.1) is 11.3 Å². The van der Waals surface area contributed by atoms with Crippen LogP contribution in [0.15, 0.2) is 41.8 Å². The van der Waals surface area contributed by atoms with Crippen LogP contribution >= 0.6 is 11.3 Å². The summed E-state index contributed by atoms with van der Waals surface area (Å²) in [4.78, 5) is 12.4. The third kappa shape index (κ3) is 1.64. The fraction of sp³-hybridized carbons (Fsp3) is 0.0667. The highest BCUT2D eigenvalue weighted by atomic mass is 32.1. The largest absolute Gasteiger partial charge is 0.337 e. The van der Waals surface area contributed by atoms with Crippen molar-refractivity contribution in [2.45, 2.75) is 6.92 Å². The van der Waals surface area contributed by atoms with E-state index in [9.17, 15) is 0 Å². The molecule has 19 heavy (non-hydrogen) atoms. The van der Waals surface area contributed by atoms with Crippen LogP contribution in [0.5, 0.6) is 0 Å². The number of benzene rings is 1. The zero-order chi connectivity index (χ0) is 12.8. The summed E-state index contributed by atoms with van der Waals surface area (Å²) in [5.74, 6) is 0.894. The van der Waals surface area contributed by atoms with E-state index in [2.05, 4.69) is 44.6 Å². The Morgan fingerprint density at radius 2 is 1.95 bits per heavy atom. The van der Waals surface area contributed by atoms with Crippen molar-refractivity contribution in [1.82, 2.24) is 15.0 Å². The number of pyridine rings is 1. The number of thiophene rings is 1. The summed E-state index contributed by atoms with van der Waals surface area (Å²) in [6.07, 6.45) is 0. The number of hydrogen-bond acceptors (Lipinski definition) is 3. The zero-order valence-corrected chi connectivity index (χ0v) is 11.2. The molecule has 3 nitrogen and oxygen atoms in total. The van der Waals surface area contributed by atoms with Crippen LogP contribution in [0.4, 0.5) is 0 Å². The van der Waals surface area contributed by atoms with Crippen LogP contribution in [0.3, 0.4) is 0 Å². The third-order valence-electron chi connectivity index (χ3n) is 3.22. The predicted molar refractivity (Wildman–Crippen MR) is 79.4 cm³/mol. The molecule has 4 rings (SSSR count). The first-order valence-electron chi connectivity index (χ1n) is 6.11. The van der Waals surface area contributed by atoms with E-state index in [1.807, 2.05) is 19.1 Å². The molecule has 0 radical (unpaired) electrons. The van der Waals surface area contributed by atoms with Gasteiger partial charge in [-0.2, -0.15) is 0 Å². The molecular weight excluding hydrogens is 254 g/mol. The van der Waals surface area contributed by atoms with Gasteiger partial charge >= 0.3 is 0 Å². The van der Waals surface area contributed by atoms with E-state index in [-0.39, 0.29) is 0 Å². The standard InChI is InChI=1S/C15H11N3S/c1-9-6-7-12-15(16-9)18-14(17-12)11-8-19-13-5-3-2-4-10(11)13/h2-8H,1H3,(H,16,17,18). The number of aryl methyl sites for hydroxylation is 1. The van der Waals surface area contributed by atoms with Crippen molar-refractivity contribution in [3.8, 4) is 11.4 Å². The van der Waals surface area contributed by atoms with Crippen molar-refractivity contribution < 1.29 is 0 Å². The summed E-state index contributed by atoms with van der Waals surface area (Å²) in [6.45, 7) is 1.98. The van der Waals surface area contributed by atoms with Crippen molar-refractivity contribution >= 4 is 32.6 Å².